The lowest BCUT2D eigenvalue weighted by molar-refractivity contribution is 0.0383. The minimum Gasteiger partial charge on any atom is -0.507 e. The first-order valence-electron chi connectivity index (χ1n) is 6.66. The number of phenolic OH excluding ortho intramolecular Hbond substituents is 1. The highest BCUT2D eigenvalue weighted by Crippen LogP contribution is 2.26. The summed E-state index contributed by atoms with van der Waals surface area (Å²) in [5.74, 6) is -0.0321. The first-order valence-corrected chi connectivity index (χ1v) is 6.66. The molecule has 1 heterocycles. The molecule has 0 radical (unpaired) electrons. The summed E-state index contributed by atoms with van der Waals surface area (Å²) in [5.41, 5.74) is 0.178. The zero-order chi connectivity index (χ0) is 14.4. The molecule has 0 saturated carbocycles. The van der Waals surface area contributed by atoms with Crippen molar-refractivity contribution in [3.8, 4) is 11.5 Å². The number of morpholine rings is 1. The van der Waals surface area contributed by atoms with E-state index >= 15 is 0 Å². The third-order valence-corrected chi connectivity index (χ3v) is 3.27. The van der Waals surface area contributed by atoms with Gasteiger partial charge < -0.3 is 19.9 Å². The van der Waals surface area contributed by atoms with Crippen molar-refractivity contribution in [2.24, 2.45) is 0 Å². The maximum Gasteiger partial charge on any atom is 0.258 e. The van der Waals surface area contributed by atoms with Gasteiger partial charge in [-0.25, -0.2) is 0 Å². The first kappa shape index (κ1) is 14.6. The lowest BCUT2D eigenvalue weighted by Gasteiger charge is -2.26. The zero-order valence-electron chi connectivity index (χ0n) is 11.6. The fourth-order valence-electron chi connectivity index (χ4n) is 2.16. The summed E-state index contributed by atoms with van der Waals surface area (Å²) < 4.78 is 10.4. The van der Waals surface area contributed by atoms with Crippen LogP contribution in [0, 0.1) is 0 Å². The Labute approximate surface area is 118 Å². The van der Waals surface area contributed by atoms with E-state index in [0.29, 0.717) is 12.3 Å². The molecule has 2 N–H and O–H groups in total. The molecule has 0 spiro atoms. The Morgan fingerprint density at radius 1 is 1.45 bits per heavy atom. The van der Waals surface area contributed by atoms with Gasteiger partial charge in [-0.05, 0) is 12.1 Å². The van der Waals surface area contributed by atoms with E-state index in [2.05, 4.69) is 10.2 Å². The Balaban J connectivity index is 1.88. The molecule has 0 aliphatic carbocycles. The second kappa shape index (κ2) is 7.12. The monoisotopic (exact) mass is 280 g/mol. The number of carbonyl (C=O) groups excluding carboxylic acids is 1. The molecule has 6 nitrogen and oxygen atoms in total. The van der Waals surface area contributed by atoms with Crippen LogP contribution in [0.25, 0.3) is 0 Å². The van der Waals surface area contributed by atoms with Crippen LogP contribution in [-0.4, -0.2) is 62.4 Å². The second-order valence-electron chi connectivity index (χ2n) is 4.56. The molecule has 1 aliphatic heterocycles. The lowest BCUT2D eigenvalue weighted by atomic mass is 10.1. The van der Waals surface area contributed by atoms with E-state index in [0.717, 1.165) is 32.8 Å². The third-order valence-electron chi connectivity index (χ3n) is 3.27. The summed E-state index contributed by atoms with van der Waals surface area (Å²) >= 11 is 0. The van der Waals surface area contributed by atoms with Gasteiger partial charge in [-0.3, -0.25) is 9.69 Å². The third kappa shape index (κ3) is 3.61. The van der Waals surface area contributed by atoms with Gasteiger partial charge in [0.15, 0.2) is 0 Å². The van der Waals surface area contributed by atoms with Gasteiger partial charge in [0.2, 0.25) is 0 Å². The van der Waals surface area contributed by atoms with Crippen LogP contribution in [-0.2, 0) is 4.74 Å². The Morgan fingerprint density at radius 3 is 2.90 bits per heavy atom. The van der Waals surface area contributed by atoms with Gasteiger partial charge in [-0.15, -0.1) is 0 Å². The summed E-state index contributed by atoms with van der Waals surface area (Å²) in [6.45, 7) is 4.54. The predicted molar refractivity (Wildman–Crippen MR) is 74.3 cm³/mol. The molecule has 110 valence electrons. The number of hydrogen-bond acceptors (Lipinski definition) is 5. The minimum atomic E-state index is -0.326. The van der Waals surface area contributed by atoms with Crippen molar-refractivity contribution in [1.29, 1.82) is 0 Å². The van der Waals surface area contributed by atoms with Gasteiger partial charge in [-0.1, -0.05) is 6.07 Å². The molecule has 20 heavy (non-hydrogen) atoms. The van der Waals surface area contributed by atoms with E-state index in [9.17, 15) is 9.90 Å². The van der Waals surface area contributed by atoms with Crippen molar-refractivity contribution in [1.82, 2.24) is 10.2 Å². The average molecular weight is 280 g/mol. The number of hydrogen-bond donors (Lipinski definition) is 2. The summed E-state index contributed by atoms with van der Waals surface area (Å²) in [4.78, 5) is 14.3. The van der Waals surface area contributed by atoms with Crippen molar-refractivity contribution >= 4 is 5.91 Å². The molecule has 1 aromatic rings. The predicted octanol–water partition coefficient (Wildman–Crippen LogP) is 0.463. The van der Waals surface area contributed by atoms with E-state index < -0.39 is 0 Å². The van der Waals surface area contributed by atoms with Crippen molar-refractivity contribution < 1.29 is 19.4 Å². The Kier molecular flexibility index (Phi) is 5.20. The first-order chi connectivity index (χ1) is 9.72. The molecular formula is C14H20N2O4. The van der Waals surface area contributed by atoms with Crippen molar-refractivity contribution in [3.05, 3.63) is 23.8 Å². The molecule has 0 atom stereocenters. The molecule has 1 aliphatic rings. The molecule has 1 saturated heterocycles. The maximum absolute atomic E-state index is 12.1. The van der Waals surface area contributed by atoms with E-state index in [1.165, 1.54) is 13.2 Å². The van der Waals surface area contributed by atoms with Crippen molar-refractivity contribution in [3.63, 3.8) is 0 Å². The van der Waals surface area contributed by atoms with E-state index in [1.807, 2.05) is 0 Å². The van der Waals surface area contributed by atoms with Crippen LogP contribution in [0.1, 0.15) is 10.4 Å². The SMILES string of the molecule is COc1cccc(O)c1C(=O)NCCN1CCOCC1. The van der Waals surface area contributed by atoms with Gasteiger partial charge in [0, 0.05) is 26.2 Å². The van der Waals surface area contributed by atoms with Gasteiger partial charge in [0.05, 0.1) is 20.3 Å². The molecule has 1 amide bonds. The van der Waals surface area contributed by atoms with Gasteiger partial charge >= 0.3 is 0 Å². The number of nitrogens with one attached hydrogen (secondary N) is 1. The van der Waals surface area contributed by atoms with E-state index in [1.54, 1.807) is 12.1 Å². The topological polar surface area (TPSA) is 71.0 Å². The van der Waals surface area contributed by atoms with Crippen LogP contribution in [0.15, 0.2) is 18.2 Å². The minimum absolute atomic E-state index is 0.0757. The number of nitrogens with zero attached hydrogens (tertiary/aromatic N) is 1. The van der Waals surface area contributed by atoms with Crippen molar-refractivity contribution in [2.45, 2.75) is 0 Å². The van der Waals surface area contributed by atoms with Crippen LogP contribution >= 0.6 is 0 Å². The van der Waals surface area contributed by atoms with Gasteiger partial charge in [-0.2, -0.15) is 0 Å². The van der Waals surface area contributed by atoms with Crippen LogP contribution < -0.4 is 10.1 Å². The van der Waals surface area contributed by atoms with Gasteiger partial charge in [0.25, 0.3) is 5.91 Å². The quantitative estimate of drug-likeness (QED) is 0.820. The van der Waals surface area contributed by atoms with Crippen LogP contribution in [0.2, 0.25) is 0 Å². The van der Waals surface area contributed by atoms with Crippen LogP contribution in [0.3, 0.4) is 0 Å². The number of methoxy groups -OCH3 is 1. The summed E-state index contributed by atoms with van der Waals surface area (Å²) in [6.07, 6.45) is 0. The lowest BCUT2D eigenvalue weighted by Crippen LogP contribution is -2.41. The number of benzene rings is 1. The molecule has 0 unspecified atom stereocenters. The second-order valence-corrected chi connectivity index (χ2v) is 4.56. The fraction of sp³-hybridized carbons (Fsp3) is 0.500. The Morgan fingerprint density at radius 2 is 2.20 bits per heavy atom. The summed E-state index contributed by atoms with van der Waals surface area (Å²) in [5, 5.41) is 12.6. The number of ether oxygens (including phenoxy) is 2. The zero-order valence-corrected chi connectivity index (χ0v) is 11.6. The van der Waals surface area contributed by atoms with E-state index in [-0.39, 0.29) is 17.2 Å². The summed E-state index contributed by atoms with van der Waals surface area (Å²) in [6, 6.07) is 4.76. The number of amides is 1. The highest BCUT2D eigenvalue weighted by Gasteiger charge is 2.17. The molecule has 6 heteroatoms. The van der Waals surface area contributed by atoms with Crippen LogP contribution in [0.4, 0.5) is 0 Å². The fourth-order valence-corrected chi connectivity index (χ4v) is 2.16. The number of carbonyl (C=O) groups is 1. The largest absolute Gasteiger partial charge is 0.507 e. The van der Waals surface area contributed by atoms with Crippen molar-refractivity contribution in [2.75, 3.05) is 46.5 Å². The highest BCUT2D eigenvalue weighted by molar-refractivity contribution is 5.99. The van der Waals surface area contributed by atoms with E-state index in [4.69, 9.17) is 9.47 Å². The highest BCUT2D eigenvalue weighted by atomic mass is 16.5. The molecule has 2 rings (SSSR count). The normalized spacial score (nSPS) is 15.8. The molecule has 0 aromatic heterocycles. The number of aromatic hydroxyl groups is 1. The average Bonchev–Trinajstić information content (AvgIpc) is 2.47. The standard InChI is InChI=1S/C14H20N2O4/c1-19-12-4-2-3-11(17)13(12)14(18)15-5-6-16-7-9-20-10-8-16/h2-4,17H,5-10H2,1H3,(H,15,18). The summed E-state index contributed by atoms with van der Waals surface area (Å²) in [7, 11) is 1.47. The maximum atomic E-state index is 12.1. The van der Waals surface area contributed by atoms with Crippen LogP contribution in [0.5, 0.6) is 11.5 Å². The molecule has 0 bridgehead atoms. The number of phenols is 1. The smallest absolute Gasteiger partial charge is 0.258 e. The number of rotatable bonds is 5. The van der Waals surface area contributed by atoms with Gasteiger partial charge in [0.1, 0.15) is 17.1 Å². The Bertz CT molecular complexity index is 458. The molecular weight excluding hydrogens is 260 g/mol. The molecule has 1 fully saturated rings. The molecule has 1 aromatic carbocycles. The Hall–Kier alpha value is -1.79.